The molecule has 2 N–H and O–H groups in total. The third-order valence-electron chi connectivity index (χ3n) is 5.19. The number of amides is 2. The minimum absolute atomic E-state index is 0.0319. The minimum Gasteiger partial charge on any atom is -0.367 e. The van der Waals surface area contributed by atoms with E-state index in [-0.39, 0.29) is 17.9 Å². The molecule has 2 aromatic carbocycles. The van der Waals surface area contributed by atoms with Gasteiger partial charge >= 0.3 is 0 Å². The van der Waals surface area contributed by atoms with Gasteiger partial charge in [-0.25, -0.2) is 0 Å². The Labute approximate surface area is 172 Å². The summed E-state index contributed by atoms with van der Waals surface area (Å²) in [5, 5.41) is 0. The molecule has 29 heavy (non-hydrogen) atoms. The van der Waals surface area contributed by atoms with Crippen LogP contribution in [0.15, 0.2) is 54.6 Å². The lowest BCUT2D eigenvalue weighted by Gasteiger charge is -2.41. The second-order valence-electron chi connectivity index (χ2n) is 9.00. The van der Waals surface area contributed by atoms with E-state index in [0.717, 1.165) is 16.7 Å². The van der Waals surface area contributed by atoms with E-state index in [9.17, 15) is 9.59 Å². The highest BCUT2D eigenvalue weighted by atomic mass is 16.5. The molecule has 1 heterocycles. The molecule has 154 valence electrons. The normalized spacial score (nSPS) is 19.8. The molecule has 0 unspecified atom stereocenters. The molecular formula is C24H30N2O3. The Morgan fingerprint density at radius 3 is 2.41 bits per heavy atom. The predicted octanol–water partition coefficient (Wildman–Crippen LogP) is 3.42. The summed E-state index contributed by atoms with van der Waals surface area (Å²) in [6.07, 6.45) is 0.758. The quantitative estimate of drug-likeness (QED) is 0.845. The van der Waals surface area contributed by atoms with Gasteiger partial charge in [0.25, 0.3) is 5.91 Å². The number of carbonyl (C=O) groups is 2. The van der Waals surface area contributed by atoms with Crippen LogP contribution in [0, 0.1) is 5.41 Å². The van der Waals surface area contributed by atoms with Crippen molar-refractivity contribution in [1.29, 1.82) is 0 Å². The lowest BCUT2D eigenvalue weighted by atomic mass is 9.88. The van der Waals surface area contributed by atoms with Gasteiger partial charge in [-0.05, 0) is 22.1 Å². The predicted molar refractivity (Wildman–Crippen MR) is 114 cm³/mol. The highest BCUT2D eigenvalue weighted by Crippen LogP contribution is 2.28. The Kier molecular flexibility index (Phi) is 6.08. The Hall–Kier alpha value is -2.66. The Morgan fingerprint density at radius 1 is 1.07 bits per heavy atom. The second-order valence-corrected chi connectivity index (χ2v) is 9.00. The van der Waals surface area contributed by atoms with Gasteiger partial charge in [0.2, 0.25) is 5.91 Å². The SMILES string of the molecule is CC(C)(C)CC(=O)N1CCO[C@@](Cc2cccc(-c3ccccc3)c2)(C(N)=O)C1. The van der Waals surface area contributed by atoms with Crippen molar-refractivity contribution in [2.45, 2.75) is 39.2 Å². The molecule has 0 aliphatic carbocycles. The molecule has 2 aromatic rings. The lowest BCUT2D eigenvalue weighted by Crippen LogP contribution is -2.61. The van der Waals surface area contributed by atoms with Gasteiger partial charge in [0, 0.05) is 19.4 Å². The zero-order valence-electron chi connectivity index (χ0n) is 17.5. The van der Waals surface area contributed by atoms with E-state index in [4.69, 9.17) is 10.5 Å². The van der Waals surface area contributed by atoms with Crippen LogP contribution >= 0.6 is 0 Å². The molecule has 1 saturated heterocycles. The van der Waals surface area contributed by atoms with Gasteiger partial charge in [-0.1, -0.05) is 75.4 Å². The third kappa shape index (κ3) is 5.24. The average Bonchev–Trinajstić information content (AvgIpc) is 2.68. The van der Waals surface area contributed by atoms with Crippen LogP contribution in [0.2, 0.25) is 0 Å². The number of ether oxygens (including phenoxy) is 1. The summed E-state index contributed by atoms with van der Waals surface area (Å²) in [4.78, 5) is 26.9. The van der Waals surface area contributed by atoms with E-state index < -0.39 is 11.5 Å². The van der Waals surface area contributed by atoms with Crippen molar-refractivity contribution < 1.29 is 14.3 Å². The molecule has 0 radical (unpaired) electrons. The molecule has 0 saturated carbocycles. The highest BCUT2D eigenvalue weighted by Gasteiger charge is 2.44. The number of hydrogen-bond donors (Lipinski definition) is 1. The highest BCUT2D eigenvalue weighted by molar-refractivity contribution is 5.86. The maximum atomic E-state index is 12.7. The molecule has 2 amide bonds. The van der Waals surface area contributed by atoms with Gasteiger partial charge in [-0.3, -0.25) is 9.59 Å². The van der Waals surface area contributed by atoms with Crippen molar-refractivity contribution in [2.24, 2.45) is 11.1 Å². The minimum atomic E-state index is -1.21. The summed E-state index contributed by atoms with van der Waals surface area (Å²) in [6.45, 7) is 7.06. The topological polar surface area (TPSA) is 72.6 Å². The third-order valence-corrected chi connectivity index (χ3v) is 5.19. The van der Waals surface area contributed by atoms with Crippen LogP contribution in [0.4, 0.5) is 0 Å². The summed E-state index contributed by atoms with van der Waals surface area (Å²) in [5.41, 5.74) is 7.59. The fraction of sp³-hybridized carbons (Fsp3) is 0.417. The van der Waals surface area contributed by atoms with Crippen molar-refractivity contribution in [3.8, 4) is 11.1 Å². The average molecular weight is 395 g/mol. The van der Waals surface area contributed by atoms with Crippen LogP contribution in [0.3, 0.4) is 0 Å². The van der Waals surface area contributed by atoms with Gasteiger partial charge in [-0.15, -0.1) is 0 Å². The zero-order chi connectivity index (χ0) is 21.1. The first-order valence-corrected chi connectivity index (χ1v) is 10.0. The van der Waals surface area contributed by atoms with E-state index >= 15 is 0 Å². The fourth-order valence-electron chi connectivity index (χ4n) is 3.73. The van der Waals surface area contributed by atoms with Crippen LogP contribution in [0.1, 0.15) is 32.8 Å². The first kappa shape index (κ1) is 21.1. The number of benzene rings is 2. The van der Waals surface area contributed by atoms with Crippen LogP contribution in [0.5, 0.6) is 0 Å². The molecule has 0 bridgehead atoms. The number of nitrogens with two attached hydrogens (primary N) is 1. The number of carbonyl (C=O) groups excluding carboxylic acids is 2. The van der Waals surface area contributed by atoms with Crippen molar-refractivity contribution in [1.82, 2.24) is 4.90 Å². The van der Waals surface area contributed by atoms with Gasteiger partial charge in [0.1, 0.15) is 0 Å². The summed E-state index contributed by atoms with van der Waals surface area (Å²) >= 11 is 0. The number of nitrogens with zero attached hydrogens (tertiary/aromatic N) is 1. The Bertz CT molecular complexity index is 873. The monoisotopic (exact) mass is 394 g/mol. The van der Waals surface area contributed by atoms with E-state index in [0.29, 0.717) is 26.0 Å². The van der Waals surface area contributed by atoms with E-state index in [1.165, 1.54) is 0 Å². The number of rotatable bonds is 5. The molecule has 0 spiro atoms. The Morgan fingerprint density at radius 2 is 1.76 bits per heavy atom. The van der Waals surface area contributed by atoms with Crippen molar-refractivity contribution in [3.63, 3.8) is 0 Å². The number of morpholine rings is 1. The van der Waals surface area contributed by atoms with Gasteiger partial charge < -0.3 is 15.4 Å². The second kappa shape index (κ2) is 8.37. The van der Waals surface area contributed by atoms with Crippen molar-refractivity contribution in [3.05, 3.63) is 60.2 Å². The van der Waals surface area contributed by atoms with Crippen LogP contribution in [-0.2, 0) is 20.7 Å². The zero-order valence-corrected chi connectivity index (χ0v) is 17.5. The van der Waals surface area contributed by atoms with Crippen molar-refractivity contribution in [2.75, 3.05) is 19.7 Å². The largest absolute Gasteiger partial charge is 0.367 e. The fourth-order valence-corrected chi connectivity index (χ4v) is 3.73. The van der Waals surface area contributed by atoms with Crippen molar-refractivity contribution >= 4 is 11.8 Å². The molecule has 3 rings (SSSR count). The van der Waals surface area contributed by atoms with Gasteiger partial charge in [0.15, 0.2) is 5.60 Å². The first-order valence-electron chi connectivity index (χ1n) is 10.0. The first-order chi connectivity index (χ1) is 13.7. The molecular weight excluding hydrogens is 364 g/mol. The molecule has 5 heteroatoms. The molecule has 1 aliphatic heterocycles. The molecule has 1 fully saturated rings. The van der Waals surface area contributed by atoms with E-state index in [1.807, 2.05) is 69.3 Å². The van der Waals surface area contributed by atoms with Crippen LogP contribution in [-0.4, -0.2) is 42.0 Å². The summed E-state index contributed by atoms with van der Waals surface area (Å²) in [7, 11) is 0. The van der Waals surface area contributed by atoms with E-state index in [1.54, 1.807) is 4.90 Å². The van der Waals surface area contributed by atoms with Crippen LogP contribution in [0.25, 0.3) is 11.1 Å². The number of hydrogen-bond acceptors (Lipinski definition) is 3. The standard InChI is InChI=1S/C24H30N2O3/c1-23(2,3)16-21(27)26-12-13-29-24(17-26,22(25)28)15-18-8-7-11-20(14-18)19-9-5-4-6-10-19/h4-11,14H,12-13,15-17H2,1-3H3,(H2,25,28)/t24-/m1/s1. The van der Waals surface area contributed by atoms with Gasteiger partial charge in [0.05, 0.1) is 13.2 Å². The molecule has 1 atom stereocenters. The maximum absolute atomic E-state index is 12.7. The number of primary amides is 1. The summed E-state index contributed by atoms with van der Waals surface area (Å²) in [6, 6.07) is 18.1. The maximum Gasteiger partial charge on any atom is 0.251 e. The molecule has 1 aliphatic rings. The van der Waals surface area contributed by atoms with E-state index in [2.05, 4.69) is 6.07 Å². The Balaban J connectivity index is 1.83. The van der Waals surface area contributed by atoms with Gasteiger partial charge in [-0.2, -0.15) is 0 Å². The molecule has 5 nitrogen and oxygen atoms in total. The lowest BCUT2D eigenvalue weighted by molar-refractivity contribution is -0.164. The molecule has 0 aromatic heterocycles. The smallest absolute Gasteiger partial charge is 0.251 e. The van der Waals surface area contributed by atoms with Crippen LogP contribution < -0.4 is 5.73 Å². The summed E-state index contributed by atoms with van der Waals surface area (Å²) < 4.78 is 5.92. The summed E-state index contributed by atoms with van der Waals surface area (Å²) in [5.74, 6) is -0.500.